The number of sulfonamides is 1. The first kappa shape index (κ1) is 15.4. The summed E-state index contributed by atoms with van der Waals surface area (Å²) in [4.78, 5) is 0.0928. The zero-order valence-electron chi connectivity index (χ0n) is 10.4. The maximum Gasteiger partial charge on any atom is 0.240 e. The summed E-state index contributed by atoms with van der Waals surface area (Å²) in [6.07, 6.45) is 1.90. The maximum absolute atomic E-state index is 13.4. The number of hydrogen-bond acceptors (Lipinski definition) is 4. The van der Waals surface area contributed by atoms with Crippen LogP contribution in [0, 0.1) is 5.82 Å². The van der Waals surface area contributed by atoms with Crippen LogP contribution in [-0.4, -0.2) is 34.0 Å². The second-order valence-corrected chi connectivity index (χ2v) is 6.43. The van der Waals surface area contributed by atoms with Gasteiger partial charge in [0.15, 0.2) is 0 Å². The molecule has 0 saturated heterocycles. The lowest BCUT2D eigenvalue weighted by Gasteiger charge is -2.08. The van der Waals surface area contributed by atoms with Gasteiger partial charge < -0.3 is 5.32 Å². The van der Waals surface area contributed by atoms with Crippen LogP contribution < -0.4 is 10.0 Å². The van der Waals surface area contributed by atoms with Crippen LogP contribution in [0.25, 0.3) is 0 Å². The van der Waals surface area contributed by atoms with Crippen molar-refractivity contribution >= 4 is 21.8 Å². The first-order valence-corrected chi connectivity index (χ1v) is 8.30. The summed E-state index contributed by atoms with van der Waals surface area (Å²) >= 11 is 1.55. The van der Waals surface area contributed by atoms with Crippen LogP contribution in [-0.2, 0) is 16.6 Å². The summed E-state index contributed by atoms with van der Waals surface area (Å²) in [5.41, 5.74) is 0.338. The highest BCUT2D eigenvalue weighted by atomic mass is 32.2. The topological polar surface area (TPSA) is 58.2 Å². The van der Waals surface area contributed by atoms with Gasteiger partial charge in [0.25, 0.3) is 0 Å². The molecule has 1 aromatic carbocycles. The Morgan fingerprint density at radius 3 is 2.72 bits per heavy atom. The van der Waals surface area contributed by atoms with Crippen LogP contribution in [0.3, 0.4) is 0 Å². The second-order valence-electron chi connectivity index (χ2n) is 3.67. The van der Waals surface area contributed by atoms with E-state index in [0.717, 1.165) is 0 Å². The Morgan fingerprint density at radius 2 is 2.11 bits per heavy atom. The normalized spacial score (nSPS) is 11.7. The van der Waals surface area contributed by atoms with Crippen LogP contribution >= 0.6 is 11.8 Å². The van der Waals surface area contributed by atoms with Crippen molar-refractivity contribution in [2.75, 3.05) is 25.6 Å². The molecule has 0 radical (unpaired) electrons. The van der Waals surface area contributed by atoms with E-state index in [1.54, 1.807) is 18.8 Å². The largest absolute Gasteiger partial charge is 0.316 e. The second kappa shape index (κ2) is 7.08. The number of nitrogens with one attached hydrogen (secondary N) is 2. The van der Waals surface area contributed by atoms with Crippen molar-refractivity contribution < 1.29 is 12.8 Å². The van der Waals surface area contributed by atoms with E-state index in [1.165, 1.54) is 18.2 Å². The average molecular weight is 292 g/mol. The summed E-state index contributed by atoms with van der Waals surface area (Å²) in [6.45, 7) is 0.655. The van der Waals surface area contributed by atoms with E-state index in [4.69, 9.17) is 0 Å². The van der Waals surface area contributed by atoms with Gasteiger partial charge in [-0.2, -0.15) is 11.8 Å². The van der Waals surface area contributed by atoms with Gasteiger partial charge in [0.1, 0.15) is 5.82 Å². The number of halogens is 1. The summed E-state index contributed by atoms with van der Waals surface area (Å²) in [7, 11) is -1.87. The smallest absolute Gasteiger partial charge is 0.240 e. The molecule has 1 rings (SSSR count). The molecule has 0 saturated carbocycles. The third-order valence-electron chi connectivity index (χ3n) is 2.29. The highest BCUT2D eigenvalue weighted by Crippen LogP contribution is 2.15. The minimum atomic E-state index is -3.55. The van der Waals surface area contributed by atoms with Crippen molar-refractivity contribution in [2.24, 2.45) is 0 Å². The molecule has 0 spiro atoms. The molecular formula is C11H17FN2O2S2. The third kappa shape index (κ3) is 4.24. The number of benzene rings is 1. The van der Waals surface area contributed by atoms with E-state index in [1.807, 2.05) is 6.26 Å². The molecule has 4 nitrogen and oxygen atoms in total. The number of thioether (sulfide) groups is 1. The van der Waals surface area contributed by atoms with E-state index < -0.39 is 15.8 Å². The molecule has 7 heteroatoms. The van der Waals surface area contributed by atoms with Crippen molar-refractivity contribution in [1.29, 1.82) is 0 Å². The Bertz CT molecular complexity index is 492. The summed E-state index contributed by atoms with van der Waals surface area (Å²) in [5, 5.41) is 2.80. The minimum absolute atomic E-state index is 0.0928. The van der Waals surface area contributed by atoms with Gasteiger partial charge >= 0.3 is 0 Å². The molecule has 0 bridgehead atoms. The van der Waals surface area contributed by atoms with E-state index in [9.17, 15) is 12.8 Å². The Labute approximate surface area is 111 Å². The quantitative estimate of drug-likeness (QED) is 0.741. The fourth-order valence-corrected chi connectivity index (χ4v) is 2.92. The summed E-state index contributed by atoms with van der Waals surface area (Å²) in [6, 6.07) is 3.80. The molecule has 0 aliphatic heterocycles. The highest BCUT2D eigenvalue weighted by Gasteiger charge is 2.15. The van der Waals surface area contributed by atoms with Crippen LogP contribution in [0.4, 0.5) is 4.39 Å². The van der Waals surface area contributed by atoms with Crippen molar-refractivity contribution in [2.45, 2.75) is 11.4 Å². The Morgan fingerprint density at radius 1 is 1.39 bits per heavy atom. The molecule has 1 aromatic rings. The Balaban J connectivity index is 2.91. The average Bonchev–Trinajstić information content (AvgIpc) is 2.32. The molecule has 0 aliphatic rings. The molecule has 0 aromatic heterocycles. The van der Waals surface area contributed by atoms with Gasteiger partial charge in [0.05, 0.1) is 4.90 Å². The fraction of sp³-hybridized carbons (Fsp3) is 0.455. The van der Waals surface area contributed by atoms with E-state index in [0.29, 0.717) is 24.4 Å². The van der Waals surface area contributed by atoms with Gasteiger partial charge in [-0.1, -0.05) is 0 Å². The predicted molar refractivity (Wildman–Crippen MR) is 72.7 cm³/mol. The monoisotopic (exact) mass is 292 g/mol. The summed E-state index contributed by atoms with van der Waals surface area (Å²) < 4.78 is 39.7. The molecule has 0 fully saturated rings. The first-order chi connectivity index (χ1) is 8.51. The van der Waals surface area contributed by atoms with Crippen molar-refractivity contribution in [3.63, 3.8) is 0 Å². The van der Waals surface area contributed by atoms with Gasteiger partial charge in [-0.3, -0.25) is 0 Å². The standard InChI is InChI=1S/C11H17FN2O2S2/c1-13-8-9-7-10(3-4-11(9)12)18(15,16)14-5-6-17-2/h3-4,7,13-14H,5-6,8H2,1-2H3. The van der Waals surface area contributed by atoms with Gasteiger partial charge in [0, 0.05) is 24.4 Å². The van der Waals surface area contributed by atoms with Crippen LogP contribution in [0.2, 0.25) is 0 Å². The molecule has 0 unspecified atom stereocenters. The SMILES string of the molecule is CNCc1cc(S(=O)(=O)NCCSC)ccc1F. The van der Waals surface area contributed by atoms with Gasteiger partial charge in [0.2, 0.25) is 10.0 Å². The number of hydrogen-bond donors (Lipinski definition) is 2. The van der Waals surface area contributed by atoms with Crippen molar-refractivity contribution in [3.8, 4) is 0 Å². The third-order valence-corrected chi connectivity index (χ3v) is 4.36. The Kier molecular flexibility index (Phi) is 6.07. The van der Waals surface area contributed by atoms with Crippen LogP contribution in [0.1, 0.15) is 5.56 Å². The molecule has 2 N–H and O–H groups in total. The van der Waals surface area contributed by atoms with E-state index in [-0.39, 0.29) is 4.90 Å². The number of rotatable bonds is 7. The predicted octanol–water partition coefficient (Wildman–Crippen LogP) is 1.19. The molecule has 0 atom stereocenters. The molecular weight excluding hydrogens is 275 g/mol. The molecule has 0 aliphatic carbocycles. The van der Waals surface area contributed by atoms with Gasteiger partial charge in [-0.05, 0) is 31.5 Å². The highest BCUT2D eigenvalue weighted by molar-refractivity contribution is 7.98. The van der Waals surface area contributed by atoms with Crippen LogP contribution in [0.5, 0.6) is 0 Å². The minimum Gasteiger partial charge on any atom is -0.316 e. The van der Waals surface area contributed by atoms with E-state index >= 15 is 0 Å². The zero-order chi connectivity index (χ0) is 13.6. The van der Waals surface area contributed by atoms with Crippen LogP contribution in [0.15, 0.2) is 23.1 Å². The van der Waals surface area contributed by atoms with Crippen molar-refractivity contribution in [3.05, 3.63) is 29.6 Å². The molecule has 102 valence electrons. The van der Waals surface area contributed by atoms with E-state index in [2.05, 4.69) is 10.0 Å². The lowest BCUT2D eigenvalue weighted by molar-refractivity contribution is 0.580. The molecule has 0 heterocycles. The maximum atomic E-state index is 13.4. The summed E-state index contributed by atoms with van der Waals surface area (Å²) in [5.74, 6) is 0.288. The lowest BCUT2D eigenvalue weighted by Crippen LogP contribution is -2.26. The van der Waals surface area contributed by atoms with Gasteiger partial charge in [-0.25, -0.2) is 17.5 Å². The Hall–Kier alpha value is -0.630. The lowest BCUT2D eigenvalue weighted by atomic mass is 10.2. The first-order valence-electron chi connectivity index (χ1n) is 5.43. The van der Waals surface area contributed by atoms with Crippen molar-refractivity contribution in [1.82, 2.24) is 10.0 Å². The molecule has 18 heavy (non-hydrogen) atoms. The molecule has 0 amide bonds. The zero-order valence-corrected chi connectivity index (χ0v) is 12.0. The van der Waals surface area contributed by atoms with Gasteiger partial charge in [-0.15, -0.1) is 0 Å². The fourth-order valence-electron chi connectivity index (χ4n) is 1.41.